The molecule has 1 atom stereocenters. The lowest BCUT2D eigenvalue weighted by atomic mass is 10.1. The van der Waals surface area contributed by atoms with E-state index in [9.17, 15) is 14.4 Å². The highest BCUT2D eigenvalue weighted by atomic mass is 32.1. The lowest BCUT2D eigenvalue weighted by Gasteiger charge is -2.36. The topological polar surface area (TPSA) is 79.0 Å². The van der Waals surface area contributed by atoms with E-state index in [1.807, 2.05) is 38.3 Å². The smallest absolute Gasteiger partial charge is 0.410 e. The van der Waals surface area contributed by atoms with Gasteiger partial charge >= 0.3 is 6.09 Å². The van der Waals surface area contributed by atoms with E-state index < -0.39 is 5.60 Å². The third kappa shape index (κ3) is 6.01. The van der Waals surface area contributed by atoms with E-state index in [0.29, 0.717) is 26.2 Å². The molecule has 1 aliphatic rings. The van der Waals surface area contributed by atoms with Crippen LogP contribution in [0.1, 0.15) is 45.0 Å². The maximum absolute atomic E-state index is 12.6. The molecule has 144 valence electrons. The first-order valence-electron chi connectivity index (χ1n) is 8.72. The van der Waals surface area contributed by atoms with Crippen molar-refractivity contribution in [2.24, 2.45) is 0 Å². The van der Waals surface area contributed by atoms with Crippen molar-refractivity contribution in [2.75, 3.05) is 26.2 Å². The van der Waals surface area contributed by atoms with Crippen molar-refractivity contribution < 1.29 is 19.1 Å². The molecule has 1 aromatic heterocycles. The Hall–Kier alpha value is -2.09. The highest BCUT2D eigenvalue weighted by Gasteiger charge is 2.29. The average molecular weight is 381 g/mol. The van der Waals surface area contributed by atoms with Gasteiger partial charge in [0.2, 0.25) is 11.8 Å². The molecule has 1 fully saturated rings. The van der Waals surface area contributed by atoms with Crippen molar-refractivity contribution in [3.8, 4) is 0 Å². The molecule has 1 aliphatic heterocycles. The number of carbonyl (C=O) groups excluding carboxylic acids is 3. The maximum Gasteiger partial charge on any atom is 0.410 e. The monoisotopic (exact) mass is 381 g/mol. The first-order chi connectivity index (χ1) is 12.2. The van der Waals surface area contributed by atoms with Gasteiger partial charge in [-0.3, -0.25) is 9.59 Å². The zero-order valence-corrected chi connectivity index (χ0v) is 16.6. The first kappa shape index (κ1) is 20.2. The van der Waals surface area contributed by atoms with Crippen molar-refractivity contribution in [1.82, 2.24) is 15.1 Å². The van der Waals surface area contributed by atoms with Crippen molar-refractivity contribution in [1.29, 1.82) is 0 Å². The van der Waals surface area contributed by atoms with Crippen LogP contribution in [0, 0.1) is 0 Å². The Morgan fingerprint density at radius 2 is 1.81 bits per heavy atom. The summed E-state index contributed by atoms with van der Waals surface area (Å²) in [6.07, 6.45) is -0.133. The highest BCUT2D eigenvalue weighted by molar-refractivity contribution is 7.10. The molecule has 1 N–H and O–H groups in total. The number of amides is 3. The van der Waals surface area contributed by atoms with Crippen LogP contribution in [0.4, 0.5) is 4.79 Å². The van der Waals surface area contributed by atoms with Crippen LogP contribution in [0.3, 0.4) is 0 Å². The summed E-state index contributed by atoms with van der Waals surface area (Å²) in [7, 11) is 0. The van der Waals surface area contributed by atoms with Crippen LogP contribution in [-0.2, 0) is 14.3 Å². The van der Waals surface area contributed by atoms with Crippen LogP contribution >= 0.6 is 11.3 Å². The van der Waals surface area contributed by atoms with E-state index in [2.05, 4.69) is 5.32 Å². The molecule has 0 saturated carbocycles. The molecule has 3 amide bonds. The van der Waals surface area contributed by atoms with E-state index in [-0.39, 0.29) is 30.4 Å². The molecule has 2 rings (SSSR count). The fourth-order valence-corrected chi connectivity index (χ4v) is 3.50. The summed E-state index contributed by atoms with van der Waals surface area (Å²) in [6.45, 7) is 8.77. The zero-order valence-electron chi connectivity index (χ0n) is 15.8. The minimum absolute atomic E-state index is 0.0269. The molecule has 0 unspecified atom stereocenters. The second-order valence-corrected chi connectivity index (χ2v) is 8.30. The van der Waals surface area contributed by atoms with E-state index >= 15 is 0 Å². The van der Waals surface area contributed by atoms with Crippen LogP contribution < -0.4 is 5.32 Å². The van der Waals surface area contributed by atoms with Crippen molar-refractivity contribution >= 4 is 29.2 Å². The number of thiophene rings is 1. The number of nitrogens with zero attached hydrogens (tertiary/aromatic N) is 2. The van der Waals surface area contributed by atoms with Crippen LogP contribution in [0.2, 0.25) is 0 Å². The number of piperazine rings is 1. The number of ether oxygens (including phenoxy) is 1. The molecule has 0 aliphatic carbocycles. The van der Waals surface area contributed by atoms with Crippen LogP contribution in [-0.4, -0.2) is 59.5 Å². The van der Waals surface area contributed by atoms with Gasteiger partial charge in [0, 0.05) is 38.0 Å². The quantitative estimate of drug-likeness (QED) is 0.869. The van der Waals surface area contributed by atoms with Gasteiger partial charge in [-0.25, -0.2) is 4.79 Å². The Morgan fingerprint density at radius 1 is 1.19 bits per heavy atom. The Bertz CT molecular complexity index is 631. The molecule has 7 nitrogen and oxygen atoms in total. The molecule has 0 radical (unpaired) electrons. The third-order valence-electron chi connectivity index (χ3n) is 3.93. The highest BCUT2D eigenvalue weighted by Crippen LogP contribution is 2.23. The van der Waals surface area contributed by atoms with Crippen molar-refractivity contribution in [3.63, 3.8) is 0 Å². The number of hydrogen-bond acceptors (Lipinski definition) is 5. The van der Waals surface area contributed by atoms with E-state index in [4.69, 9.17) is 4.74 Å². The molecular weight excluding hydrogens is 354 g/mol. The minimum Gasteiger partial charge on any atom is -0.444 e. The summed E-state index contributed by atoms with van der Waals surface area (Å²) in [5.41, 5.74) is -0.531. The van der Waals surface area contributed by atoms with Gasteiger partial charge in [0.1, 0.15) is 5.60 Å². The van der Waals surface area contributed by atoms with Gasteiger partial charge in [0.15, 0.2) is 0 Å². The summed E-state index contributed by atoms with van der Waals surface area (Å²) < 4.78 is 5.37. The lowest BCUT2D eigenvalue weighted by Crippen LogP contribution is -2.52. The fraction of sp³-hybridized carbons (Fsp3) is 0.611. The first-order valence-corrected chi connectivity index (χ1v) is 9.60. The number of carbonyl (C=O) groups is 3. The second kappa shape index (κ2) is 8.53. The molecule has 0 spiro atoms. The van der Waals surface area contributed by atoms with E-state index in [1.165, 1.54) is 18.3 Å². The summed E-state index contributed by atoms with van der Waals surface area (Å²) in [5, 5.41) is 4.77. The normalized spacial score (nSPS) is 16.2. The summed E-state index contributed by atoms with van der Waals surface area (Å²) in [6, 6.07) is 3.50. The molecular formula is C18H27N3O4S. The minimum atomic E-state index is -0.531. The van der Waals surface area contributed by atoms with Crippen LogP contribution in [0.15, 0.2) is 17.5 Å². The third-order valence-corrected chi connectivity index (χ3v) is 4.91. The fourth-order valence-electron chi connectivity index (χ4n) is 2.73. The van der Waals surface area contributed by atoms with Crippen molar-refractivity contribution in [2.45, 2.75) is 45.8 Å². The van der Waals surface area contributed by atoms with Gasteiger partial charge in [-0.2, -0.15) is 0 Å². The summed E-state index contributed by atoms with van der Waals surface area (Å²) >= 11 is 1.52. The molecule has 2 heterocycles. The molecule has 0 bridgehead atoms. The number of nitrogens with one attached hydrogen (secondary N) is 1. The van der Waals surface area contributed by atoms with Gasteiger partial charge in [-0.15, -0.1) is 11.3 Å². The SMILES string of the molecule is CC(=O)N[C@@H](CC(=O)N1CCN(C(=O)OC(C)(C)C)CC1)c1cccs1. The van der Waals surface area contributed by atoms with Gasteiger partial charge in [0.05, 0.1) is 12.5 Å². The van der Waals surface area contributed by atoms with Crippen LogP contribution in [0.25, 0.3) is 0 Å². The standard InChI is InChI=1S/C18H27N3O4S/c1-13(22)19-14(15-6-5-11-26-15)12-16(23)20-7-9-21(10-8-20)17(24)25-18(2,3)4/h5-6,11,14H,7-10,12H2,1-4H3,(H,19,22)/t14-/m0/s1. The Labute approximate surface area is 158 Å². The molecule has 0 aromatic carbocycles. The largest absolute Gasteiger partial charge is 0.444 e. The van der Waals surface area contributed by atoms with E-state index in [1.54, 1.807) is 9.80 Å². The van der Waals surface area contributed by atoms with Gasteiger partial charge < -0.3 is 19.9 Å². The zero-order chi connectivity index (χ0) is 19.3. The summed E-state index contributed by atoms with van der Waals surface area (Å²) in [4.78, 5) is 40.5. The van der Waals surface area contributed by atoms with Crippen LogP contribution in [0.5, 0.6) is 0 Å². The molecule has 8 heteroatoms. The number of rotatable bonds is 4. The average Bonchev–Trinajstić information content (AvgIpc) is 3.06. The predicted octanol–water partition coefficient (Wildman–Crippen LogP) is 2.39. The van der Waals surface area contributed by atoms with Gasteiger partial charge in [-0.05, 0) is 32.2 Å². The Balaban J connectivity index is 1.89. The maximum atomic E-state index is 12.6. The lowest BCUT2D eigenvalue weighted by molar-refractivity contribution is -0.133. The Morgan fingerprint density at radius 3 is 2.31 bits per heavy atom. The molecule has 26 heavy (non-hydrogen) atoms. The molecule has 1 saturated heterocycles. The van der Waals surface area contributed by atoms with Crippen molar-refractivity contribution in [3.05, 3.63) is 22.4 Å². The van der Waals surface area contributed by atoms with Gasteiger partial charge in [-0.1, -0.05) is 6.07 Å². The Kier molecular flexibility index (Phi) is 6.63. The van der Waals surface area contributed by atoms with E-state index in [0.717, 1.165) is 4.88 Å². The second-order valence-electron chi connectivity index (χ2n) is 7.32. The molecule has 1 aromatic rings. The summed E-state index contributed by atoms with van der Waals surface area (Å²) in [5.74, 6) is -0.188. The van der Waals surface area contributed by atoms with Gasteiger partial charge in [0.25, 0.3) is 0 Å². The number of hydrogen-bond donors (Lipinski definition) is 1. The predicted molar refractivity (Wildman–Crippen MR) is 99.9 cm³/mol.